The molecule has 0 saturated heterocycles. The number of alkyl halides is 6. The Morgan fingerprint density at radius 1 is 0.917 bits per heavy atom. The highest BCUT2D eigenvalue weighted by atomic mass is 35.5. The normalized spacial score (nSPS) is 16.0. The molecule has 0 spiro atoms. The average molecular weight is 249 g/mol. The van der Waals surface area contributed by atoms with E-state index in [1.807, 2.05) is 0 Å². The second-order valence-corrected chi connectivity index (χ2v) is 2.95. The number of hydrogen-bond acceptors (Lipinski definition) is 0. The Balaban J connectivity index is 4.96. The van der Waals surface area contributed by atoms with Gasteiger partial charge >= 0.3 is 10.8 Å². The Labute approximate surface area is 78.9 Å². The summed E-state index contributed by atoms with van der Waals surface area (Å²) in [4.78, 5) is 0. The van der Waals surface area contributed by atoms with Crippen molar-refractivity contribution in [2.45, 2.75) is 10.8 Å². The molecule has 0 radical (unpaired) electrons. The van der Waals surface area contributed by atoms with Crippen LogP contribution in [0.3, 0.4) is 0 Å². The Morgan fingerprint density at radius 3 is 1.33 bits per heavy atom. The van der Waals surface area contributed by atoms with E-state index in [1.165, 1.54) is 0 Å². The maximum absolute atomic E-state index is 12.1. The van der Waals surface area contributed by atoms with Crippen molar-refractivity contribution in [3.05, 3.63) is 10.9 Å². The molecule has 8 heteroatoms. The van der Waals surface area contributed by atoms with Gasteiger partial charge in [0, 0.05) is 0 Å². The summed E-state index contributed by atoms with van der Waals surface area (Å²) in [7, 11) is 0. The predicted molar refractivity (Wildman–Crippen MR) is 35.6 cm³/mol. The van der Waals surface area contributed by atoms with Gasteiger partial charge in [0.2, 0.25) is 5.83 Å². The Bertz CT molecular complexity index is 178. The molecule has 12 heavy (non-hydrogen) atoms. The lowest BCUT2D eigenvalue weighted by molar-refractivity contribution is 0.0938. The second-order valence-electron chi connectivity index (χ2n) is 1.62. The van der Waals surface area contributed by atoms with Gasteiger partial charge in [-0.25, -0.2) is 4.39 Å². The lowest BCUT2D eigenvalue weighted by Crippen LogP contribution is -2.15. The third-order valence-corrected chi connectivity index (χ3v) is 1.55. The standard InChI is InChI=1S/C4Cl3F5/c5-1(3(6,9)10)2(8)4(7,11)12/b2-1-. The van der Waals surface area contributed by atoms with Crippen molar-refractivity contribution in [1.29, 1.82) is 0 Å². The smallest absolute Gasteiger partial charge is 0.202 e. The van der Waals surface area contributed by atoms with Gasteiger partial charge in [-0.15, -0.1) is 0 Å². The van der Waals surface area contributed by atoms with E-state index < -0.39 is 21.6 Å². The first kappa shape index (κ1) is 12.3. The first-order chi connectivity index (χ1) is 5.07. The molecule has 0 bridgehead atoms. The van der Waals surface area contributed by atoms with Crippen LogP contribution in [0.1, 0.15) is 0 Å². The van der Waals surface area contributed by atoms with Crippen LogP contribution in [0.4, 0.5) is 22.0 Å². The van der Waals surface area contributed by atoms with Crippen molar-refractivity contribution >= 4 is 34.8 Å². The first-order valence-corrected chi connectivity index (χ1v) is 3.40. The lowest BCUT2D eigenvalue weighted by Gasteiger charge is -2.10. The van der Waals surface area contributed by atoms with Crippen molar-refractivity contribution in [2.75, 3.05) is 0 Å². The van der Waals surface area contributed by atoms with Gasteiger partial charge in [-0.2, -0.15) is 17.6 Å². The largest absolute Gasteiger partial charge is 0.375 e. The van der Waals surface area contributed by atoms with Crippen molar-refractivity contribution in [3.63, 3.8) is 0 Å². The molecule has 0 nitrogen and oxygen atoms in total. The van der Waals surface area contributed by atoms with Crippen molar-refractivity contribution in [2.24, 2.45) is 0 Å². The van der Waals surface area contributed by atoms with E-state index >= 15 is 0 Å². The van der Waals surface area contributed by atoms with Crippen LogP contribution in [0.15, 0.2) is 10.9 Å². The fourth-order valence-electron chi connectivity index (χ4n) is 0.249. The SMILES string of the molecule is F/C(=C(\Cl)C(F)(F)Cl)C(F)(F)Cl. The van der Waals surface area contributed by atoms with Crippen molar-refractivity contribution in [1.82, 2.24) is 0 Å². The molecule has 0 heterocycles. The number of rotatable bonds is 2. The van der Waals surface area contributed by atoms with E-state index in [0.29, 0.717) is 0 Å². The molecular weight excluding hydrogens is 249 g/mol. The van der Waals surface area contributed by atoms with Gasteiger partial charge in [-0.3, -0.25) is 0 Å². The first-order valence-electron chi connectivity index (χ1n) is 2.26. The van der Waals surface area contributed by atoms with Gasteiger partial charge in [0.15, 0.2) is 0 Å². The molecule has 72 valence electrons. The van der Waals surface area contributed by atoms with Crippen LogP contribution < -0.4 is 0 Å². The van der Waals surface area contributed by atoms with E-state index in [1.54, 1.807) is 0 Å². The van der Waals surface area contributed by atoms with Crippen LogP contribution in [0, 0.1) is 0 Å². The number of allylic oxidation sites excluding steroid dienone is 2. The van der Waals surface area contributed by atoms with E-state index in [9.17, 15) is 22.0 Å². The van der Waals surface area contributed by atoms with Crippen LogP contribution in [0.2, 0.25) is 0 Å². The summed E-state index contributed by atoms with van der Waals surface area (Å²) in [5.41, 5.74) is 0. The van der Waals surface area contributed by atoms with Crippen LogP contribution >= 0.6 is 34.8 Å². The van der Waals surface area contributed by atoms with E-state index in [4.69, 9.17) is 0 Å². The molecule has 0 saturated carbocycles. The van der Waals surface area contributed by atoms with Gasteiger partial charge in [0.25, 0.3) is 0 Å². The number of hydrogen-bond donors (Lipinski definition) is 0. The minimum absolute atomic E-state index is 2.12. The molecule has 0 N–H and O–H groups in total. The minimum atomic E-state index is -4.57. The van der Waals surface area contributed by atoms with Crippen molar-refractivity contribution < 1.29 is 22.0 Å². The quantitative estimate of drug-likeness (QED) is 0.511. The maximum atomic E-state index is 12.1. The average Bonchev–Trinajstić information content (AvgIpc) is 1.80. The van der Waals surface area contributed by atoms with Crippen LogP contribution in [0.5, 0.6) is 0 Å². The zero-order valence-corrected chi connectivity index (χ0v) is 7.29. The molecule has 0 aliphatic heterocycles. The van der Waals surface area contributed by atoms with E-state index in [0.717, 1.165) is 0 Å². The highest BCUT2D eigenvalue weighted by Crippen LogP contribution is 2.41. The zero-order valence-electron chi connectivity index (χ0n) is 5.02. The molecule has 0 aliphatic carbocycles. The molecule has 0 aromatic heterocycles. The molecule has 0 aliphatic rings. The third-order valence-electron chi connectivity index (χ3n) is 0.690. The summed E-state index contributed by atoms with van der Waals surface area (Å²) in [5, 5.41) is -11.1. The van der Waals surface area contributed by atoms with E-state index in [-0.39, 0.29) is 0 Å². The van der Waals surface area contributed by atoms with Gasteiger partial charge in [-0.1, -0.05) is 11.6 Å². The minimum Gasteiger partial charge on any atom is -0.202 e. The fourth-order valence-corrected chi connectivity index (χ4v) is 0.593. The number of halogens is 8. The summed E-state index contributed by atoms with van der Waals surface area (Å²) < 4.78 is 59.3. The van der Waals surface area contributed by atoms with Crippen molar-refractivity contribution in [3.8, 4) is 0 Å². The van der Waals surface area contributed by atoms with Crippen LogP contribution in [0.25, 0.3) is 0 Å². The zero-order chi connectivity index (χ0) is 10.2. The topological polar surface area (TPSA) is 0 Å². The molecular formula is C4Cl3F5. The molecule has 0 aromatic carbocycles. The molecule has 0 rings (SSSR count). The highest BCUT2D eigenvalue weighted by Gasteiger charge is 2.42. The summed E-state index contributed by atoms with van der Waals surface area (Å²) in [6.45, 7) is 0. The van der Waals surface area contributed by atoms with Crippen LogP contribution in [-0.4, -0.2) is 10.8 Å². The highest BCUT2D eigenvalue weighted by molar-refractivity contribution is 6.39. The summed E-state index contributed by atoms with van der Waals surface area (Å²) in [5.74, 6) is -2.66. The van der Waals surface area contributed by atoms with E-state index in [2.05, 4.69) is 34.8 Å². The Kier molecular flexibility index (Phi) is 3.63. The second kappa shape index (κ2) is 3.55. The van der Waals surface area contributed by atoms with Gasteiger partial charge < -0.3 is 0 Å². The molecule has 0 amide bonds. The summed E-state index contributed by atoms with van der Waals surface area (Å²) >= 11 is 12.6. The van der Waals surface area contributed by atoms with Gasteiger partial charge in [0.1, 0.15) is 5.03 Å². The maximum Gasteiger partial charge on any atom is 0.375 e. The third kappa shape index (κ3) is 3.33. The fraction of sp³-hybridized carbons (Fsp3) is 0.500. The molecule has 0 aromatic rings. The molecule has 0 unspecified atom stereocenters. The Morgan fingerprint density at radius 2 is 1.25 bits per heavy atom. The van der Waals surface area contributed by atoms with Crippen LogP contribution in [-0.2, 0) is 0 Å². The summed E-state index contributed by atoms with van der Waals surface area (Å²) in [6.07, 6.45) is 0. The summed E-state index contributed by atoms with van der Waals surface area (Å²) in [6, 6.07) is 0. The Hall–Kier alpha value is 0.260. The monoisotopic (exact) mass is 248 g/mol. The molecule has 0 atom stereocenters. The molecule has 0 fully saturated rings. The lowest BCUT2D eigenvalue weighted by atomic mass is 10.4. The van der Waals surface area contributed by atoms with Gasteiger partial charge in [0.05, 0.1) is 0 Å². The van der Waals surface area contributed by atoms with Gasteiger partial charge in [-0.05, 0) is 23.2 Å². The predicted octanol–water partition coefficient (Wildman–Crippen LogP) is 4.07.